The van der Waals surface area contributed by atoms with Gasteiger partial charge >= 0.3 is 0 Å². The molecule has 0 aliphatic heterocycles. The third-order valence-corrected chi connectivity index (χ3v) is 2.01. The van der Waals surface area contributed by atoms with Gasteiger partial charge in [-0.3, -0.25) is 0 Å². The minimum atomic E-state index is -0.724. The fraction of sp³-hybridized carbons (Fsp3) is 0.333. The van der Waals surface area contributed by atoms with Crippen molar-refractivity contribution in [2.75, 3.05) is 0 Å². The van der Waals surface area contributed by atoms with Gasteiger partial charge in [0.25, 0.3) is 0 Å². The Labute approximate surface area is 81.1 Å². The van der Waals surface area contributed by atoms with Gasteiger partial charge in [0, 0.05) is 5.02 Å². The highest BCUT2D eigenvalue weighted by molar-refractivity contribution is 6.30. The van der Waals surface area contributed by atoms with Crippen LogP contribution in [0.1, 0.15) is 18.5 Å². The summed E-state index contributed by atoms with van der Waals surface area (Å²) >= 11 is 5.62. The molecule has 0 radical (unpaired) electrons. The Morgan fingerprint density at radius 3 is 2.54 bits per heavy atom. The summed E-state index contributed by atoms with van der Waals surface area (Å²) in [5, 5.41) is 9.45. The van der Waals surface area contributed by atoms with Gasteiger partial charge in [0.2, 0.25) is 0 Å². The van der Waals surface area contributed by atoms with Gasteiger partial charge in [0.1, 0.15) is 5.82 Å². The molecule has 0 bridgehead atoms. The summed E-state index contributed by atoms with van der Waals surface area (Å²) < 4.78 is 12.8. The van der Waals surface area contributed by atoms with E-state index in [2.05, 4.69) is 0 Å². The van der Waals surface area contributed by atoms with E-state index in [9.17, 15) is 4.39 Å². The maximum absolute atomic E-state index is 12.8. The fourth-order valence-corrected chi connectivity index (χ4v) is 1.28. The molecule has 2 atom stereocenters. The Morgan fingerprint density at radius 1 is 1.46 bits per heavy atom. The monoisotopic (exact) mass is 203 g/mol. The summed E-state index contributed by atoms with van der Waals surface area (Å²) in [5.41, 5.74) is 6.10. The number of hydrogen-bond acceptors (Lipinski definition) is 2. The minimum absolute atomic E-state index is 0.283. The van der Waals surface area contributed by atoms with Crippen LogP contribution in [0, 0.1) is 5.82 Å². The van der Waals surface area contributed by atoms with Crippen LogP contribution in [0.2, 0.25) is 5.02 Å². The van der Waals surface area contributed by atoms with E-state index in [4.69, 9.17) is 22.4 Å². The molecule has 0 heterocycles. The van der Waals surface area contributed by atoms with E-state index in [0.29, 0.717) is 5.56 Å². The van der Waals surface area contributed by atoms with Crippen LogP contribution in [0.3, 0.4) is 0 Å². The van der Waals surface area contributed by atoms with Gasteiger partial charge in [0.15, 0.2) is 0 Å². The molecule has 0 amide bonds. The zero-order valence-electron chi connectivity index (χ0n) is 7.17. The van der Waals surface area contributed by atoms with Crippen molar-refractivity contribution in [3.63, 3.8) is 0 Å². The first-order valence-corrected chi connectivity index (χ1v) is 4.28. The van der Waals surface area contributed by atoms with Gasteiger partial charge in [0.05, 0.1) is 12.1 Å². The Bertz CT molecular complexity index is 283. The second-order valence-electron chi connectivity index (χ2n) is 2.97. The van der Waals surface area contributed by atoms with E-state index >= 15 is 0 Å². The van der Waals surface area contributed by atoms with Gasteiger partial charge in [-0.15, -0.1) is 0 Å². The van der Waals surface area contributed by atoms with Gasteiger partial charge < -0.3 is 10.8 Å². The van der Waals surface area contributed by atoms with Crippen LogP contribution in [0.15, 0.2) is 18.2 Å². The molecule has 0 aromatic heterocycles. The van der Waals surface area contributed by atoms with Crippen molar-refractivity contribution >= 4 is 11.6 Å². The van der Waals surface area contributed by atoms with Crippen LogP contribution >= 0.6 is 11.6 Å². The van der Waals surface area contributed by atoms with Crippen LogP contribution in [0.4, 0.5) is 4.39 Å². The molecular weight excluding hydrogens is 193 g/mol. The molecule has 1 aromatic rings. The van der Waals surface area contributed by atoms with Gasteiger partial charge in [-0.05, 0) is 30.7 Å². The summed E-state index contributed by atoms with van der Waals surface area (Å²) in [5.74, 6) is -0.446. The van der Waals surface area contributed by atoms with E-state index in [1.807, 2.05) is 0 Å². The van der Waals surface area contributed by atoms with E-state index in [1.165, 1.54) is 12.1 Å². The fourth-order valence-electron chi connectivity index (χ4n) is 1.05. The number of aliphatic hydroxyl groups excluding tert-OH is 1. The normalized spacial score (nSPS) is 15.5. The maximum Gasteiger partial charge on any atom is 0.125 e. The van der Waals surface area contributed by atoms with Crippen molar-refractivity contribution in [3.05, 3.63) is 34.6 Å². The van der Waals surface area contributed by atoms with Crippen LogP contribution < -0.4 is 5.73 Å². The maximum atomic E-state index is 12.8. The summed E-state index contributed by atoms with van der Waals surface area (Å²) in [4.78, 5) is 0. The second-order valence-corrected chi connectivity index (χ2v) is 3.41. The summed E-state index contributed by atoms with van der Waals surface area (Å²) in [6, 6.07) is 3.40. The first-order valence-electron chi connectivity index (χ1n) is 3.90. The average Bonchev–Trinajstić information content (AvgIpc) is 2.01. The third kappa shape index (κ3) is 2.66. The van der Waals surface area contributed by atoms with Crippen molar-refractivity contribution in [2.24, 2.45) is 5.73 Å². The van der Waals surface area contributed by atoms with E-state index in [0.717, 1.165) is 0 Å². The third-order valence-electron chi connectivity index (χ3n) is 1.79. The molecule has 0 aliphatic rings. The van der Waals surface area contributed by atoms with E-state index in [-0.39, 0.29) is 5.02 Å². The Balaban J connectivity index is 3.01. The molecule has 0 unspecified atom stereocenters. The molecule has 3 N–H and O–H groups in total. The lowest BCUT2D eigenvalue weighted by molar-refractivity contribution is 0.164. The first-order chi connectivity index (χ1) is 6.00. The van der Waals surface area contributed by atoms with Crippen LogP contribution in [0.25, 0.3) is 0 Å². The molecular formula is C9H11ClFNO. The zero-order chi connectivity index (χ0) is 10.0. The number of halogens is 2. The van der Waals surface area contributed by atoms with E-state index in [1.54, 1.807) is 13.0 Å². The molecule has 0 aliphatic carbocycles. The Hall–Kier alpha value is -0.640. The van der Waals surface area contributed by atoms with Gasteiger partial charge in [-0.25, -0.2) is 4.39 Å². The predicted molar refractivity (Wildman–Crippen MR) is 50.0 cm³/mol. The molecule has 0 saturated heterocycles. The summed E-state index contributed by atoms with van der Waals surface area (Å²) in [7, 11) is 0. The minimum Gasteiger partial charge on any atom is -0.391 e. The number of hydrogen-bond donors (Lipinski definition) is 2. The molecule has 72 valence electrons. The summed E-state index contributed by atoms with van der Waals surface area (Å²) in [6.07, 6.45) is -0.724. The molecule has 0 spiro atoms. The molecule has 0 fully saturated rings. The predicted octanol–water partition coefficient (Wildman–Crippen LogP) is 1.86. The quantitative estimate of drug-likeness (QED) is 0.771. The van der Waals surface area contributed by atoms with Crippen molar-refractivity contribution in [2.45, 2.75) is 19.1 Å². The molecule has 13 heavy (non-hydrogen) atoms. The summed E-state index contributed by atoms with van der Waals surface area (Å²) in [6.45, 7) is 1.55. The largest absolute Gasteiger partial charge is 0.391 e. The number of benzene rings is 1. The Kier molecular flexibility index (Phi) is 3.25. The van der Waals surface area contributed by atoms with Gasteiger partial charge in [-0.2, -0.15) is 0 Å². The lowest BCUT2D eigenvalue weighted by Gasteiger charge is -2.15. The highest BCUT2D eigenvalue weighted by atomic mass is 35.5. The van der Waals surface area contributed by atoms with Crippen molar-refractivity contribution in [1.82, 2.24) is 0 Å². The van der Waals surface area contributed by atoms with Crippen LogP contribution in [-0.2, 0) is 0 Å². The molecule has 1 aromatic carbocycles. The number of rotatable bonds is 2. The first kappa shape index (κ1) is 10.4. The topological polar surface area (TPSA) is 46.2 Å². The number of nitrogens with two attached hydrogens (primary N) is 1. The number of aliphatic hydroxyl groups is 1. The van der Waals surface area contributed by atoms with Crippen LogP contribution in [-0.4, -0.2) is 11.2 Å². The van der Waals surface area contributed by atoms with Crippen LogP contribution in [0.5, 0.6) is 0 Å². The second kappa shape index (κ2) is 4.05. The highest BCUT2D eigenvalue weighted by Crippen LogP contribution is 2.20. The highest BCUT2D eigenvalue weighted by Gasteiger charge is 2.13. The van der Waals surface area contributed by atoms with E-state index < -0.39 is 18.0 Å². The smallest absolute Gasteiger partial charge is 0.125 e. The molecule has 1 rings (SSSR count). The van der Waals surface area contributed by atoms with Crippen molar-refractivity contribution in [1.29, 1.82) is 0 Å². The zero-order valence-corrected chi connectivity index (χ0v) is 7.92. The average molecular weight is 204 g/mol. The molecule has 4 heteroatoms. The lowest BCUT2D eigenvalue weighted by Crippen LogP contribution is -2.23. The van der Waals surface area contributed by atoms with Crippen molar-refractivity contribution < 1.29 is 9.50 Å². The molecule has 0 saturated carbocycles. The van der Waals surface area contributed by atoms with Crippen molar-refractivity contribution in [3.8, 4) is 0 Å². The van der Waals surface area contributed by atoms with Gasteiger partial charge in [-0.1, -0.05) is 11.6 Å². The standard InChI is InChI=1S/C9H11ClFNO/c1-5(13)9(12)6-2-7(10)4-8(11)3-6/h2-5,9,13H,12H2,1H3/t5-,9-/m0/s1. The molecule has 2 nitrogen and oxygen atoms in total. The Morgan fingerprint density at radius 2 is 2.08 bits per heavy atom. The SMILES string of the molecule is C[C@H](O)[C@H](N)c1cc(F)cc(Cl)c1. The lowest BCUT2D eigenvalue weighted by atomic mass is 10.0.